The van der Waals surface area contributed by atoms with Crippen molar-refractivity contribution in [3.8, 4) is 23.0 Å². The molecule has 0 heterocycles. The van der Waals surface area contributed by atoms with Gasteiger partial charge in [0.25, 0.3) is 0 Å². The number of rotatable bonds is 48. The predicted molar refractivity (Wildman–Crippen MR) is 370 cm³/mol. The van der Waals surface area contributed by atoms with E-state index in [0.29, 0.717) is 25.7 Å². The van der Waals surface area contributed by atoms with Crippen molar-refractivity contribution in [3.05, 3.63) is 115 Å². The van der Waals surface area contributed by atoms with E-state index in [1.165, 1.54) is 138 Å². The van der Waals surface area contributed by atoms with Crippen LogP contribution in [0.4, 0.5) is 0 Å². The van der Waals surface area contributed by atoms with E-state index >= 15 is 0 Å². The summed E-state index contributed by atoms with van der Waals surface area (Å²) < 4.78 is 37.7. The topological polar surface area (TPSA) is 242 Å². The van der Waals surface area contributed by atoms with Gasteiger partial charge in [-0.25, -0.2) is 9.13 Å². The Morgan fingerprint density at radius 1 is 0.293 bits per heavy atom. The molecule has 92 heavy (non-hydrogen) atoms. The molecule has 0 aliphatic heterocycles. The maximum Gasteiger partial charge on any atom is 0.524 e. The number of aromatic hydroxyl groups is 2. The maximum absolute atomic E-state index is 14.5. The lowest BCUT2D eigenvalue weighted by atomic mass is 9.86. The third kappa shape index (κ3) is 28.6. The Morgan fingerprint density at radius 3 is 0.630 bits per heavy atom. The molecule has 8 bridgehead atoms. The van der Waals surface area contributed by atoms with Crippen LogP contribution >= 0.6 is 15.6 Å². The Kier molecular flexibility index (Phi) is 35.9. The molecule has 0 spiro atoms. The van der Waals surface area contributed by atoms with Gasteiger partial charge in [-0.05, 0) is 96.5 Å². The van der Waals surface area contributed by atoms with Crippen LogP contribution in [0.25, 0.3) is 0 Å². The second kappa shape index (κ2) is 42.5. The summed E-state index contributed by atoms with van der Waals surface area (Å²) in [7, 11) is -10.8. The molecule has 0 aromatic heterocycles. The lowest BCUT2D eigenvalue weighted by Crippen LogP contribution is -2.11. The first-order valence-corrected chi connectivity index (χ1v) is 39.0. The highest BCUT2D eigenvalue weighted by molar-refractivity contribution is 7.47. The third-order valence-corrected chi connectivity index (χ3v) is 19.1. The third-order valence-electron chi connectivity index (χ3n) is 18.3. The summed E-state index contributed by atoms with van der Waals surface area (Å²) in [5.74, 6) is -2.26. The average Bonchev–Trinajstić information content (AvgIpc) is 0.789. The minimum Gasteiger partial charge on any atom is -0.507 e. The van der Waals surface area contributed by atoms with Crippen LogP contribution in [0.5, 0.6) is 23.0 Å². The normalized spacial score (nSPS) is 12.5. The van der Waals surface area contributed by atoms with Crippen molar-refractivity contribution in [2.75, 3.05) is 0 Å². The van der Waals surface area contributed by atoms with Gasteiger partial charge in [-0.3, -0.25) is 38.8 Å². The van der Waals surface area contributed by atoms with E-state index in [9.17, 15) is 58.1 Å². The molecule has 0 atom stereocenters. The molecule has 0 saturated carbocycles. The molecule has 0 saturated heterocycles. The molecule has 0 radical (unpaired) electrons. The van der Waals surface area contributed by atoms with Crippen molar-refractivity contribution in [2.24, 2.45) is 0 Å². The van der Waals surface area contributed by atoms with Crippen molar-refractivity contribution in [1.29, 1.82) is 0 Å². The summed E-state index contributed by atoms with van der Waals surface area (Å²) in [5, 5.41) is 25.3. The quantitative estimate of drug-likeness (QED) is 0.0121. The van der Waals surface area contributed by atoms with Crippen LogP contribution in [-0.2, 0) is 34.8 Å². The molecule has 512 valence electrons. The van der Waals surface area contributed by atoms with Gasteiger partial charge in [-0.15, -0.1) is 0 Å². The standard InChI is InChI=1S/C76H114O14P2/c1-5-9-13-17-21-25-29-33-37-41-69(77)57-45-61-53-65-49-59(71(79)43-39-35-31-27-23-19-15-11-7-3)51-67(75(65)89-91(83,84)85)55-63-47-58(70(78)42-38-34-30-26-22-18-14-10-6-2)48-64(74(63)82)56-68-52-60(72(80)44-40-36-32-28-24-20-16-12-8-4)50-66(54-62(46-57)73(61)81)76(68)90-92(86,87)88/h45-52,81-82H,5-44,53-56H2,1-4H3,(H2,83,84,85)(H2,86,87,88). The minimum atomic E-state index is -5.40. The first-order valence-electron chi connectivity index (χ1n) is 35.9. The number of Topliss-reactive ketones (excluding diaryl/α,β-unsaturated/α-hetero) is 4. The molecular formula is C76H114O14P2. The summed E-state index contributed by atoms with van der Waals surface area (Å²) in [6.45, 7) is 8.75. The highest BCUT2D eigenvalue weighted by Crippen LogP contribution is 2.47. The van der Waals surface area contributed by atoms with Gasteiger partial charge in [-0.2, -0.15) is 0 Å². The van der Waals surface area contributed by atoms with Crippen molar-refractivity contribution in [2.45, 2.75) is 310 Å². The fourth-order valence-corrected chi connectivity index (χ4v) is 13.9. The lowest BCUT2D eigenvalue weighted by molar-refractivity contribution is 0.0971. The molecular weight excluding hydrogens is 1200 g/mol. The molecule has 4 aromatic carbocycles. The SMILES string of the molecule is CCCCCCCCCCCC(=O)c1cc2c(O)c(c1)Cc1cc(C(=O)CCCCCCCCCCC)cc(c1OP(=O)(O)O)Cc1cc(C(=O)CCCCCCCCCCC)cc(c1O)Cc1cc(C(=O)CCCCCCCCCCC)cc(c1OP(=O)(O)O)C2. The van der Waals surface area contributed by atoms with Crippen LogP contribution in [0.15, 0.2) is 48.5 Å². The van der Waals surface area contributed by atoms with Gasteiger partial charge >= 0.3 is 15.6 Å². The van der Waals surface area contributed by atoms with E-state index < -0.39 is 15.6 Å². The zero-order valence-electron chi connectivity index (χ0n) is 56.6. The van der Waals surface area contributed by atoms with Gasteiger partial charge in [0, 0.05) is 95.9 Å². The number of phenols is 2. The van der Waals surface area contributed by atoms with E-state index in [1.54, 1.807) is 0 Å². The van der Waals surface area contributed by atoms with Crippen LogP contribution in [-0.4, -0.2) is 52.9 Å². The van der Waals surface area contributed by atoms with E-state index in [0.717, 1.165) is 116 Å². The van der Waals surface area contributed by atoms with Gasteiger partial charge in [0.2, 0.25) is 0 Å². The van der Waals surface area contributed by atoms with Crippen LogP contribution in [0.2, 0.25) is 0 Å². The molecule has 16 heteroatoms. The molecule has 5 rings (SSSR count). The fraction of sp³-hybridized carbons (Fsp3) is 0.632. The molecule has 1 aliphatic carbocycles. The fourth-order valence-electron chi connectivity index (χ4n) is 13.0. The molecule has 1 aliphatic rings. The molecule has 0 fully saturated rings. The molecule has 4 aromatic rings. The van der Waals surface area contributed by atoms with Crippen molar-refractivity contribution < 1.29 is 67.1 Å². The first-order chi connectivity index (χ1) is 44.2. The number of hydrogen-bond acceptors (Lipinski definition) is 10. The van der Waals surface area contributed by atoms with E-state index in [4.69, 9.17) is 9.05 Å². The van der Waals surface area contributed by atoms with Gasteiger partial charge < -0.3 is 19.3 Å². The maximum atomic E-state index is 14.5. The Bertz CT molecular complexity index is 2730. The zero-order chi connectivity index (χ0) is 66.7. The Morgan fingerprint density at radius 2 is 0.457 bits per heavy atom. The number of phosphoric ester groups is 2. The van der Waals surface area contributed by atoms with Crippen LogP contribution in [0, 0.1) is 0 Å². The largest absolute Gasteiger partial charge is 0.524 e. The highest BCUT2D eigenvalue weighted by atomic mass is 31.2. The monoisotopic (exact) mass is 1310 g/mol. The average molecular weight is 1310 g/mol. The van der Waals surface area contributed by atoms with Crippen LogP contribution < -0.4 is 9.05 Å². The van der Waals surface area contributed by atoms with Crippen molar-refractivity contribution >= 4 is 38.8 Å². The summed E-state index contributed by atoms with van der Waals surface area (Å²) >= 11 is 0. The smallest absolute Gasteiger partial charge is 0.507 e. The number of unbranched alkanes of at least 4 members (excludes halogenated alkanes) is 32. The molecule has 0 unspecified atom stereocenters. The number of ketones is 4. The van der Waals surface area contributed by atoms with E-state index in [1.807, 2.05) is 0 Å². The van der Waals surface area contributed by atoms with E-state index in [-0.39, 0.29) is 164 Å². The number of carbonyl (C=O) groups excluding carboxylic acids is 4. The first kappa shape index (κ1) is 77.8. The number of hydrogen-bond donors (Lipinski definition) is 6. The predicted octanol–water partition coefficient (Wildman–Crippen LogP) is 21.1. The summed E-state index contributed by atoms with van der Waals surface area (Å²) in [5.41, 5.74) is 1.68. The minimum absolute atomic E-state index is 0.0901. The highest BCUT2D eigenvalue weighted by Gasteiger charge is 2.30. The Labute approximate surface area is 551 Å². The summed E-state index contributed by atoms with van der Waals surface area (Å²) in [4.78, 5) is 101. The van der Waals surface area contributed by atoms with E-state index in [2.05, 4.69) is 27.7 Å². The second-order valence-corrected chi connectivity index (χ2v) is 28.7. The lowest BCUT2D eigenvalue weighted by Gasteiger charge is -2.22. The molecule has 6 N–H and O–H groups in total. The Hall–Kier alpha value is -4.94. The number of phosphoric acid groups is 2. The summed E-state index contributed by atoms with van der Waals surface area (Å²) in [6.07, 6.45) is 36.5. The molecule has 0 amide bonds. The van der Waals surface area contributed by atoms with Gasteiger partial charge in [0.15, 0.2) is 23.1 Å². The van der Waals surface area contributed by atoms with Gasteiger partial charge in [-0.1, -0.05) is 233 Å². The Balaban J connectivity index is 1.71. The number of phenolic OH excluding ortho intramolecular Hbond substituents is 2. The number of carbonyl (C=O) groups is 4. The summed E-state index contributed by atoms with van der Waals surface area (Å²) in [6, 6.07) is 12.1. The number of fused-ring (bicyclic) bond motifs is 8. The van der Waals surface area contributed by atoms with Crippen LogP contribution in [0.1, 0.15) is 370 Å². The van der Waals surface area contributed by atoms with Crippen molar-refractivity contribution in [1.82, 2.24) is 0 Å². The van der Waals surface area contributed by atoms with Crippen LogP contribution in [0.3, 0.4) is 0 Å². The van der Waals surface area contributed by atoms with Gasteiger partial charge in [0.1, 0.15) is 23.0 Å². The number of benzene rings is 4. The van der Waals surface area contributed by atoms with Gasteiger partial charge in [0.05, 0.1) is 0 Å². The molecule has 14 nitrogen and oxygen atoms in total. The van der Waals surface area contributed by atoms with Crippen molar-refractivity contribution in [3.63, 3.8) is 0 Å². The zero-order valence-corrected chi connectivity index (χ0v) is 58.4. The second-order valence-electron chi connectivity index (χ2n) is 26.4.